The summed E-state index contributed by atoms with van der Waals surface area (Å²) < 4.78 is 4.51. The number of benzene rings is 1. The van der Waals surface area contributed by atoms with Crippen LogP contribution in [-0.4, -0.2) is 18.4 Å². The highest BCUT2D eigenvalue weighted by molar-refractivity contribution is 6.66. The standard InChI is InChI=1S/C9H7Cl2NO3/c1-15-8(13)5-2-3-6(10)7(4-5)12-9(11)14/h2-4H,1H3,(H,12,14). The molecule has 1 aromatic carbocycles. The molecule has 1 rings (SSSR count). The van der Waals surface area contributed by atoms with Gasteiger partial charge in [-0.3, -0.25) is 4.79 Å². The van der Waals surface area contributed by atoms with E-state index in [-0.39, 0.29) is 16.3 Å². The Labute approximate surface area is 96.1 Å². The Balaban J connectivity index is 3.05. The summed E-state index contributed by atoms with van der Waals surface area (Å²) in [5.74, 6) is -0.517. The van der Waals surface area contributed by atoms with Crippen LogP contribution in [0.4, 0.5) is 10.5 Å². The minimum absolute atomic E-state index is 0.263. The van der Waals surface area contributed by atoms with Gasteiger partial charge in [0.05, 0.1) is 23.4 Å². The van der Waals surface area contributed by atoms with Crippen LogP contribution in [-0.2, 0) is 4.74 Å². The van der Waals surface area contributed by atoms with E-state index in [4.69, 9.17) is 23.2 Å². The monoisotopic (exact) mass is 247 g/mol. The Morgan fingerprint density at radius 2 is 2.07 bits per heavy atom. The van der Waals surface area contributed by atoms with Crippen LogP contribution in [0, 0.1) is 0 Å². The van der Waals surface area contributed by atoms with Crippen LogP contribution in [0.1, 0.15) is 10.4 Å². The maximum atomic E-state index is 11.2. The van der Waals surface area contributed by atoms with Crippen molar-refractivity contribution in [1.29, 1.82) is 0 Å². The highest BCUT2D eigenvalue weighted by Gasteiger charge is 2.09. The summed E-state index contributed by atoms with van der Waals surface area (Å²) in [6, 6.07) is 4.34. The number of halogens is 2. The van der Waals surface area contributed by atoms with E-state index in [1.807, 2.05) is 0 Å². The van der Waals surface area contributed by atoms with Crippen LogP contribution in [0.2, 0.25) is 5.02 Å². The van der Waals surface area contributed by atoms with E-state index in [0.717, 1.165) is 0 Å². The molecule has 80 valence electrons. The molecule has 0 saturated carbocycles. The van der Waals surface area contributed by atoms with E-state index in [0.29, 0.717) is 0 Å². The molecule has 1 aromatic rings. The average molecular weight is 248 g/mol. The first-order chi connectivity index (χ1) is 7.04. The van der Waals surface area contributed by atoms with Crippen molar-refractivity contribution in [1.82, 2.24) is 0 Å². The van der Waals surface area contributed by atoms with E-state index >= 15 is 0 Å². The van der Waals surface area contributed by atoms with Gasteiger partial charge < -0.3 is 10.1 Å². The lowest BCUT2D eigenvalue weighted by Gasteiger charge is -2.05. The summed E-state index contributed by atoms with van der Waals surface area (Å²) in [4.78, 5) is 21.7. The third-order valence-electron chi connectivity index (χ3n) is 1.62. The molecule has 0 radical (unpaired) electrons. The smallest absolute Gasteiger partial charge is 0.337 e. The maximum absolute atomic E-state index is 11.2. The molecule has 0 heterocycles. The van der Waals surface area contributed by atoms with Gasteiger partial charge >= 0.3 is 11.3 Å². The molecule has 0 bridgehead atoms. The van der Waals surface area contributed by atoms with Gasteiger partial charge in [0.15, 0.2) is 0 Å². The first-order valence-electron chi connectivity index (χ1n) is 3.89. The largest absolute Gasteiger partial charge is 0.465 e. The lowest BCUT2D eigenvalue weighted by atomic mass is 10.2. The van der Waals surface area contributed by atoms with Crippen molar-refractivity contribution in [2.75, 3.05) is 12.4 Å². The van der Waals surface area contributed by atoms with Gasteiger partial charge in [-0.25, -0.2) is 4.79 Å². The van der Waals surface area contributed by atoms with Crippen molar-refractivity contribution in [2.24, 2.45) is 0 Å². The first kappa shape index (κ1) is 11.8. The average Bonchev–Trinajstić information content (AvgIpc) is 2.19. The molecule has 0 saturated heterocycles. The molecule has 0 aliphatic rings. The zero-order valence-corrected chi connectivity index (χ0v) is 9.22. The molecular formula is C9H7Cl2NO3. The summed E-state index contributed by atoms with van der Waals surface area (Å²) in [5.41, 5.74) is 0.543. The predicted octanol–water partition coefficient (Wildman–Crippen LogP) is 2.90. The topological polar surface area (TPSA) is 55.4 Å². The third kappa shape index (κ3) is 3.11. The van der Waals surface area contributed by atoms with Crippen molar-refractivity contribution in [3.8, 4) is 0 Å². The summed E-state index contributed by atoms with van der Waals surface area (Å²) in [5, 5.41) is 1.79. The van der Waals surface area contributed by atoms with Crippen LogP contribution in [0.3, 0.4) is 0 Å². The van der Waals surface area contributed by atoms with E-state index in [1.54, 1.807) is 0 Å². The lowest BCUT2D eigenvalue weighted by Crippen LogP contribution is -2.05. The first-order valence-corrected chi connectivity index (χ1v) is 4.64. The van der Waals surface area contributed by atoms with E-state index < -0.39 is 11.3 Å². The van der Waals surface area contributed by atoms with Crippen molar-refractivity contribution >= 4 is 40.2 Å². The minimum atomic E-state index is -0.779. The molecule has 0 aliphatic carbocycles. The van der Waals surface area contributed by atoms with E-state index in [9.17, 15) is 9.59 Å². The summed E-state index contributed by atoms with van der Waals surface area (Å²) in [7, 11) is 1.26. The molecule has 0 unspecified atom stereocenters. The molecule has 4 nitrogen and oxygen atoms in total. The maximum Gasteiger partial charge on any atom is 0.337 e. The highest BCUT2D eigenvalue weighted by atomic mass is 35.5. The van der Waals surface area contributed by atoms with Crippen LogP contribution < -0.4 is 5.32 Å². The number of ether oxygens (including phenoxy) is 1. The molecule has 6 heteroatoms. The van der Waals surface area contributed by atoms with Gasteiger partial charge in [0, 0.05) is 0 Å². The Hall–Kier alpha value is -1.26. The fraction of sp³-hybridized carbons (Fsp3) is 0.111. The molecule has 1 N–H and O–H groups in total. The number of rotatable bonds is 2. The molecule has 0 aromatic heterocycles. The number of carbonyl (C=O) groups excluding carboxylic acids is 2. The Bertz CT molecular complexity index is 406. The second-order valence-corrected chi connectivity index (χ2v) is 3.34. The second-order valence-electron chi connectivity index (χ2n) is 2.58. The number of hydrogen-bond donors (Lipinski definition) is 1. The van der Waals surface area contributed by atoms with Gasteiger partial charge in [0.2, 0.25) is 0 Å². The number of esters is 1. The fourth-order valence-electron chi connectivity index (χ4n) is 0.972. The zero-order valence-electron chi connectivity index (χ0n) is 7.71. The molecule has 0 atom stereocenters. The van der Waals surface area contributed by atoms with Crippen LogP contribution in [0.15, 0.2) is 18.2 Å². The zero-order chi connectivity index (χ0) is 11.4. The van der Waals surface area contributed by atoms with Gasteiger partial charge in [-0.05, 0) is 29.8 Å². The van der Waals surface area contributed by atoms with Gasteiger partial charge in [-0.1, -0.05) is 11.6 Å². The van der Waals surface area contributed by atoms with Gasteiger partial charge in [-0.15, -0.1) is 0 Å². The molecule has 0 aliphatic heterocycles. The summed E-state index contributed by atoms with van der Waals surface area (Å²) in [6.45, 7) is 0. The SMILES string of the molecule is COC(=O)c1ccc(Cl)c(NC(=O)Cl)c1. The van der Waals surface area contributed by atoms with Gasteiger partial charge in [0.25, 0.3) is 0 Å². The highest BCUT2D eigenvalue weighted by Crippen LogP contribution is 2.23. The Morgan fingerprint density at radius 3 is 2.60 bits per heavy atom. The lowest BCUT2D eigenvalue weighted by molar-refractivity contribution is 0.0601. The molecule has 0 spiro atoms. The third-order valence-corrected chi connectivity index (χ3v) is 2.04. The second kappa shape index (κ2) is 5.00. The van der Waals surface area contributed by atoms with Crippen LogP contribution in [0.25, 0.3) is 0 Å². The minimum Gasteiger partial charge on any atom is -0.465 e. The quantitative estimate of drug-likeness (QED) is 0.497. The Morgan fingerprint density at radius 1 is 1.40 bits per heavy atom. The molecule has 0 fully saturated rings. The van der Waals surface area contributed by atoms with Crippen LogP contribution in [0.5, 0.6) is 0 Å². The number of anilines is 1. The van der Waals surface area contributed by atoms with Gasteiger partial charge in [0.1, 0.15) is 0 Å². The van der Waals surface area contributed by atoms with Crippen molar-refractivity contribution in [2.45, 2.75) is 0 Å². The number of carbonyl (C=O) groups is 2. The van der Waals surface area contributed by atoms with Crippen molar-refractivity contribution < 1.29 is 14.3 Å². The normalized spacial score (nSPS) is 9.53. The van der Waals surface area contributed by atoms with E-state index in [1.165, 1.54) is 25.3 Å². The van der Waals surface area contributed by atoms with Gasteiger partial charge in [-0.2, -0.15) is 0 Å². The summed E-state index contributed by atoms with van der Waals surface area (Å²) in [6.07, 6.45) is 0. The van der Waals surface area contributed by atoms with Crippen molar-refractivity contribution in [3.63, 3.8) is 0 Å². The van der Waals surface area contributed by atoms with Crippen LogP contribution >= 0.6 is 23.2 Å². The number of hydrogen-bond acceptors (Lipinski definition) is 3. The molecule has 15 heavy (non-hydrogen) atoms. The molecular weight excluding hydrogens is 241 g/mol. The fourth-order valence-corrected chi connectivity index (χ4v) is 1.24. The number of nitrogens with one attached hydrogen (secondary N) is 1. The number of methoxy groups -OCH3 is 1. The van der Waals surface area contributed by atoms with Crippen molar-refractivity contribution in [3.05, 3.63) is 28.8 Å². The Kier molecular flexibility index (Phi) is 3.94. The predicted molar refractivity (Wildman–Crippen MR) is 57.7 cm³/mol. The molecule has 1 amide bonds. The number of amides is 1. The summed E-state index contributed by atoms with van der Waals surface area (Å²) >= 11 is 10.9. The van der Waals surface area contributed by atoms with E-state index in [2.05, 4.69) is 10.1 Å².